The molecule has 5 nitrogen and oxygen atoms in total. The van der Waals surface area contributed by atoms with E-state index >= 15 is 0 Å². The number of nitrogens with one attached hydrogen (secondary N) is 1. The highest BCUT2D eigenvalue weighted by Gasteiger charge is 2.29. The van der Waals surface area contributed by atoms with Crippen molar-refractivity contribution in [3.8, 4) is 0 Å². The summed E-state index contributed by atoms with van der Waals surface area (Å²) in [6.07, 6.45) is 0.169. The first-order chi connectivity index (χ1) is 12.4. The van der Waals surface area contributed by atoms with E-state index in [4.69, 9.17) is 0 Å². The van der Waals surface area contributed by atoms with Crippen LogP contribution in [0.2, 0.25) is 0 Å². The first kappa shape index (κ1) is 19.0. The Labute approximate surface area is 159 Å². The number of aliphatic hydroxyl groups excluding tert-OH is 1. The minimum Gasteiger partial charge on any atom is -0.390 e. The Morgan fingerprint density at radius 1 is 1.38 bits per heavy atom. The molecular formula is C20H27N3O2S. The number of amides is 1. The van der Waals surface area contributed by atoms with Gasteiger partial charge < -0.3 is 10.4 Å². The van der Waals surface area contributed by atoms with E-state index < -0.39 is 6.10 Å². The van der Waals surface area contributed by atoms with E-state index in [0.717, 1.165) is 30.2 Å². The van der Waals surface area contributed by atoms with Crippen molar-refractivity contribution in [1.29, 1.82) is 0 Å². The van der Waals surface area contributed by atoms with Gasteiger partial charge in [-0.3, -0.25) is 9.69 Å². The van der Waals surface area contributed by atoms with Gasteiger partial charge in [0, 0.05) is 30.6 Å². The number of aliphatic hydroxyl groups is 1. The number of likely N-dealkylation sites (tertiary alicyclic amines) is 1. The molecule has 6 heteroatoms. The van der Waals surface area contributed by atoms with E-state index in [0.29, 0.717) is 18.0 Å². The van der Waals surface area contributed by atoms with Crippen LogP contribution in [0.1, 0.15) is 52.8 Å². The van der Waals surface area contributed by atoms with Gasteiger partial charge >= 0.3 is 0 Å². The zero-order valence-electron chi connectivity index (χ0n) is 15.6. The number of carbonyl (C=O) groups is 1. The third-order valence-corrected chi connectivity index (χ3v) is 5.70. The maximum atomic E-state index is 12.5. The first-order valence-corrected chi connectivity index (χ1v) is 10.0. The number of hydrogen-bond donors (Lipinski definition) is 2. The molecule has 0 bridgehead atoms. The molecule has 1 amide bonds. The lowest BCUT2D eigenvalue weighted by Gasteiger charge is -2.36. The van der Waals surface area contributed by atoms with Gasteiger partial charge in [-0.05, 0) is 37.0 Å². The molecule has 2 atom stereocenters. The van der Waals surface area contributed by atoms with Crippen molar-refractivity contribution in [2.24, 2.45) is 0 Å². The number of β-amino-alcohol motifs (C(OH)–C–C–N with tert-alkyl or cyclic N) is 1. The standard InChI is InChI=1S/C20H27N3O2S/c1-13(2)15-4-6-16(7-5-15)20(25)22-18-8-9-23(11-19(18)24)10-17-12-26-14(3)21-17/h4-7,12-13,18-19,24H,8-11H2,1-3H3,(H,22,25)/t18-,19-/m1/s1. The topological polar surface area (TPSA) is 65.5 Å². The average Bonchev–Trinajstić information content (AvgIpc) is 3.02. The zero-order chi connectivity index (χ0) is 18.7. The molecular weight excluding hydrogens is 346 g/mol. The molecule has 1 fully saturated rings. The molecule has 3 rings (SSSR count). The van der Waals surface area contributed by atoms with Gasteiger partial charge in [0.1, 0.15) is 0 Å². The van der Waals surface area contributed by atoms with E-state index in [2.05, 4.69) is 34.4 Å². The molecule has 1 aromatic carbocycles. The smallest absolute Gasteiger partial charge is 0.251 e. The third kappa shape index (κ3) is 4.69. The molecule has 1 aliphatic rings. The van der Waals surface area contributed by atoms with Crippen LogP contribution in [0, 0.1) is 6.92 Å². The van der Waals surface area contributed by atoms with E-state index in [-0.39, 0.29) is 11.9 Å². The number of hydrogen-bond acceptors (Lipinski definition) is 5. The van der Waals surface area contributed by atoms with Gasteiger partial charge in [-0.15, -0.1) is 11.3 Å². The van der Waals surface area contributed by atoms with Crippen molar-refractivity contribution in [2.75, 3.05) is 13.1 Å². The highest BCUT2D eigenvalue weighted by atomic mass is 32.1. The lowest BCUT2D eigenvalue weighted by molar-refractivity contribution is 0.0346. The number of aryl methyl sites for hydroxylation is 1. The van der Waals surface area contributed by atoms with Gasteiger partial charge in [0.05, 0.1) is 22.8 Å². The van der Waals surface area contributed by atoms with Crippen LogP contribution in [-0.2, 0) is 6.54 Å². The van der Waals surface area contributed by atoms with Crippen molar-refractivity contribution in [2.45, 2.75) is 51.8 Å². The number of rotatable bonds is 5. The van der Waals surface area contributed by atoms with Gasteiger partial charge in [0.2, 0.25) is 0 Å². The van der Waals surface area contributed by atoms with Gasteiger partial charge in [-0.25, -0.2) is 4.98 Å². The monoisotopic (exact) mass is 373 g/mol. The van der Waals surface area contributed by atoms with Crippen LogP contribution < -0.4 is 5.32 Å². The minimum absolute atomic E-state index is 0.118. The Kier molecular flexibility index (Phi) is 6.06. The summed E-state index contributed by atoms with van der Waals surface area (Å²) in [5, 5.41) is 16.6. The van der Waals surface area contributed by atoms with Crippen molar-refractivity contribution in [3.63, 3.8) is 0 Å². The number of piperidine rings is 1. The van der Waals surface area contributed by atoms with Gasteiger partial charge in [0.15, 0.2) is 0 Å². The number of carbonyl (C=O) groups excluding carboxylic acids is 1. The van der Waals surface area contributed by atoms with E-state index in [1.807, 2.05) is 31.2 Å². The van der Waals surface area contributed by atoms with Crippen molar-refractivity contribution >= 4 is 17.2 Å². The fourth-order valence-electron chi connectivity index (χ4n) is 3.29. The summed E-state index contributed by atoms with van der Waals surface area (Å²) < 4.78 is 0. The summed E-state index contributed by atoms with van der Waals surface area (Å²) in [4.78, 5) is 19.1. The fourth-order valence-corrected chi connectivity index (χ4v) is 3.89. The molecule has 2 aromatic rings. The van der Waals surface area contributed by atoms with E-state index in [9.17, 15) is 9.90 Å². The third-order valence-electron chi connectivity index (χ3n) is 4.87. The Morgan fingerprint density at radius 2 is 2.12 bits per heavy atom. The van der Waals surface area contributed by atoms with Crippen LogP contribution in [0.5, 0.6) is 0 Å². The van der Waals surface area contributed by atoms with Crippen molar-refractivity contribution < 1.29 is 9.90 Å². The number of aromatic nitrogens is 1. The molecule has 0 saturated carbocycles. The molecule has 1 saturated heterocycles. The zero-order valence-corrected chi connectivity index (χ0v) is 16.4. The van der Waals surface area contributed by atoms with Crippen molar-refractivity contribution in [3.05, 3.63) is 51.5 Å². The molecule has 1 aromatic heterocycles. The van der Waals surface area contributed by atoms with Gasteiger partial charge in [0.25, 0.3) is 5.91 Å². The molecule has 0 spiro atoms. The summed E-state index contributed by atoms with van der Waals surface area (Å²) in [7, 11) is 0. The molecule has 26 heavy (non-hydrogen) atoms. The predicted molar refractivity (Wildman–Crippen MR) is 105 cm³/mol. The van der Waals surface area contributed by atoms with Crippen LogP contribution in [0.25, 0.3) is 0 Å². The second-order valence-corrected chi connectivity index (χ2v) is 8.37. The number of nitrogens with zero attached hydrogens (tertiary/aromatic N) is 2. The molecule has 1 aliphatic heterocycles. The second-order valence-electron chi connectivity index (χ2n) is 7.31. The lowest BCUT2D eigenvalue weighted by Crippen LogP contribution is -2.53. The minimum atomic E-state index is -0.567. The maximum Gasteiger partial charge on any atom is 0.251 e. The summed E-state index contributed by atoms with van der Waals surface area (Å²) in [6.45, 7) is 8.40. The maximum absolute atomic E-state index is 12.5. The lowest BCUT2D eigenvalue weighted by atomic mass is 9.99. The van der Waals surface area contributed by atoms with Crippen LogP contribution in [0.3, 0.4) is 0 Å². The Morgan fingerprint density at radius 3 is 2.69 bits per heavy atom. The van der Waals surface area contributed by atoms with Crippen LogP contribution in [0.4, 0.5) is 0 Å². The first-order valence-electron chi connectivity index (χ1n) is 9.14. The van der Waals surface area contributed by atoms with Crippen LogP contribution in [0.15, 0.2) is 29.6 Å². The highest BCUT2D eigenvalue weighted by Crippen LogP contribution is 2.18. The summed E-state index contributed by atoms with van der Waals surface area (Å²) >= 11 is 1.65. The fraction of sp³-hybridized carbons (Fsp3) is 0.500. The van der Waals surface area contributed by atoms with Crippen LogP contribution in [-0.4, -0.2) is 46.1 Å². The van der Waals surface area contributed by atoms with Gasteiger partial charge in [-0.2, -0.15) is 0 Å². The van der Waals surface area contributed by atoms with Crippen molar-refractivity contribution in [1.82, 2.24) is 15.2 Å². The second kappa shape index (κ2) is 8.29. The summed E-state index contributed by atoms with van der Waals surface area (Å²) in [5.74, 6) is 0.327. The number of thiazole rings is 1. The average molecular weight is 374 g/mol. The van der Waals surface area contributed by atoms with E-state index in [1.165, 1.54) is 5.56 Å². The molecule has 140 valence electrons. The highest BCUT2D eigenvalue weighted by molar-refractivity contribution is 7.09. The molecule has 0 aliphatic carbocycles. The molecule has 0 unspecified atom stereocenters. The predicted octanol–water partition coefficient (Wildman–Crippen LogP) is 2.94. The molecule has 2 N–H and O–H groups in total. The normalized spacial score (nSPS) is 21.1. The number of benzene rings is 1. The van der Waals surface area contributed by atoms with Gasteiger partial charge in [-0.1, -0.05) is 26.0 Å². The Balaban J connectivity index is 1.53. The van der Waals surface area contributed by atoms with E-state index in [1.54, 1.807) is 11.3 Å². The Hall–Kier alpha value is -1.76. The molecule has 2 heterocycles. The SMILES string of the molecule is Cc1nc(CN2CC[C@@H](NC(=O)c3ccc(C(C)C)cc3)[C@H](O)C2)cs1. The summed E-state index contributed by atoms with van der Waals surface area (Å²) in [5.41, 5.74) is 2.90. The molecule has 0 radical (unpaired) electrons. The Bertz CT molecular complexity index is 742. The largest absolute Gasteiger partial charge is 0.390 e. The summed E-state index contributed by atoms with van der Waals surface area (Å²) in [6, 6.07) is 7.50. The van der Waals surface area contributed by atoms with Crippen LogP contribution >= 0.6 is 11.3 Å². The quantitative estimate of drug-likeness (QED) is 0.846.